The van der Waals surface area contributed by atoms with Crippen molar-refractivity contribution in [1.29, 1.82) is 0 Å². The van der Waals surface area contributed by atoms with Gasteiger partial charge in [0.05, 0.1) is 12.1 Å². The normalized spacial score (nSPS) is 11.9. The molecule has 106 valence electrons. The zero-order valence-corrected chi connectivity index (χ0v) is 9.34. The summed E-state index contributed by atoms with van der Waals surface area (Å²) in [5.41, 5.74) is 1.50. The summed E-state index contributed by atoms with van der Waals surface area (Å²) in [6.45, 7) is -0.381. The largest absolute Gasteiger partial charge is 0.481 e. The zero-order valence-electron chi connectivity index (χ0n) is 9.34. The first-order valence-corrected chi connectivity index (χ1v) is 4.96. The highest BCUT2D eigenvalue weighted by Gasteiger charge is 2.38. The first kappa shape index (κ1) is 15.3. The van der Waals surface area contributed by atoms with Gasteiger partial charge in [0.1, 0.15) is 0 Å². The van der Waals surface area contributed by atoms with E-state index in [4.69, 9.17) is 10.8 Å². The van der Waals surface area contributed by atoms with Gasteiger partial charge in [-0.2, -0.15) is 13.2 Å². The maximum absolute atomic E-state index is 12.6. The smallest absolute Gasteiger partial charge is 0.433 e. The van der Waals surface area contributed by atoms with Crippen LogP contribution in [0.4, 0.5) is 22.0 Å². The first-order valence-electron chi connectivity index (χ1n) is 4.96. The van der Waals surface area contributed by atoms with Crippen LogP contribution in [0.25, 0.3) is 0 Å². The summed E-state index contributed by atoms with van der Waals surface area (Å²) in [5, 5.41) is 8.55. The highest BCUT2D eigenvalue weighted by atomic mass is 19.4. The molecule has 0 unspecified atom stereocenters. The third-order valence-electron chi connectivity index (χ3n) is 2.26. The van der Waals surface area contributed by atoms with Gasteiger partial charge in [-0.15, -0.1) is 0 Å². The predicted octanol–water partition coefficient (Wildman–Crippen LogP) is 2.12. The molecule has 1 rings (SSSR count). The number of alkyl halides is 5. The number of carbonyl (C=O) groups is 1. The van der Waals surface area contributed by atoms with Crippen LogP contribution in [-0.4, -0.2) is 16.1 Å². The molecule has 0 aliphatic carbocycles. The molecule has 4 nitrogen and oxygen atoms in total. The monoisotopic (exact) mass is 284 g/mol. The fraction of sp³-hybridized carbons (Fsp3) is 0.400. The van der Waals surface area contributed by atoms with Gasteiger partial charge in [-0.3, -0.25) is 4.79 Å². The summed E-state index contributed by atoms with van der Waals surface area (Å²) in [7, 11) is 0. The van der Waals surface area contributed by atoms with Gasteiger partial charge in [0.2, 0.25) is 0 Å². The number of nitrogens with zero attached hydrogens (tertiary/aromatic N) is 1. The summed E-state index contributed by atoms with van der Waals surface area (Å²) in [6.07, 6.45) is -9.29. The van der Waals surface area contributed by atoms with Crippen LogP contribution in [0.15, 0.2) is 6.07 Å². The predicted molar refractivity (Wildman–Crippen MR) is 53.4 cm³/mol. The number of rotatable bonds is 4. The van der Waals surface area contributed by atoms with Crippen LogP contribution in [0.1, 0.15) is 28.9 Å². The van der Waals surface area contributed by atoms with Crippen LogP contribution in [0.2, 0.25) is 0 Å². The van der Waals surface area contributed by atoms with Crippen molar-refractivity contribution in [2.75, 3.05) is 0 Å². The Balaban J connectivity index is 3.47. The van der Waals surface area contributed by atoms with Crippen LogP contribution in [0.5, 0.6) is 0 Å². The summed E-state index contributed by atoms with van der Waals surface area (Å²) >= 11 is 0. The van der Waals surface area contributed by atoms with Crippen LogP contribution in [0, 0.1) is 0 Å². The number of pyridine rings is 1. The fourth-order valence-electron chi connectivity index (χ4n) is 1.48. The molecule has 1 heterocycles. The first-order chi connectivity index (χ1) is 8.66. The van der Waals surface area contributed by atoms with E-state index >= 15 is 0 Å². The van der Waals surface area contributed by atoms with Crippen LogP contribution >= 0.6 is 0 Å². The lowest BCUT2D eigenvalue weighted by atomic mass is 10.1. The van der Waals surface area contributed by atoms with Gasteiger partial charge in [0, 0.05) is 12.1 Å². The van der Waals surface area contributed by atoms with Gasteiger partial charge in [-0.05, 0) is 11.6 Å². The molecule has 0 saturated heterocycles. The van der Waals surface area contributed by atoms with E-state index in [9.17, 15) is 26.7 Å². The van der Waals surface area contributed by atoms with Crippen molar-refractivity contribution in [3.8, 4) is 0 Å². The average Bonchev–Trinajstić information content (AvgIpc) is 2.26. The van der Waals surface area contributed by atoms with Gasteiger partial charge < -0.3 is 10.8 Å². The Kier molecular flexibility index (Phi) is 4.40. The van der Waals surface area contributed by atoms with Crippen molar-refractivity contribution in [2.24, 2.45) is 5.73 Å². The van der Waals surface area contributed by atoms with Gasteiger partial charge in [-0.25, -0.2) is 13.8 Å². The molecule has 0 saturated carbocycles. The van der Waals surface area contributed by atoms with Crippen molar-refractivity contribution in [3.05, 3.63) is 28.6 Å². The Hall–Kier alpha value is -1.77. The minimum absolute atomic E-state index is 0.147. The summed E-state index contributed by atoms with van der Waals surface area (Å²) in [4.78, 5) is 13.5. The number of hydrogen-bond donors (Lipinski definition) is 2. The van der Waals surface area contributed by atoms with Crippen molar-refractivity contribution in [1.82, 2.24) is 4.98 Å². The molecule has 0 aliphatic rings. The zero-order chi connectivity index (χ0) is 14.8. The molecule has 0 fully saturated rings. The molecule has 0 bridgehead atoms. The second-order valence-electron chi connectivity index (χ2n) is 3.61. The van der Waals surface area contributed by atoms with Crippen LogP contribution in [0.3, 0.4) is 0 Å². The van der Waals surface area contributed by atoms with Gasteiger partial charge in [0.15, 0.2) is 5.69 Å². The number of halogens is 5. The quantitative estimate of drug-likeness (QED) is 0.830. The number of carboxylic acids is 1. The summed E-state index contributed by atoms with van der Waals surface area (Å²) in [5.74, 6) is -1.43. The molecular formula is C10H9F5N2O2. The topological polar surface area (TPSA) is 76.2 Å². The number of hydrogen-bond acceptors (Lipinski definition) is 3. The van der Waals surface area contributed by atoms with Gasteiger partial charge in [-0.1, -0.05) is 0 Å². The summed E-state index contributed by atoms with van der Waals surface area (Å²) in [6, 6.07) is 0.554. The molecule has 0 aliphatic heterocycles. The maximum atomic E-state index is 12.6. The molecule has 1 aromatic rings. The SMILES string of the molecule is NCc1cc(C(F)F)c(C(F)(F)F)nc1CC(=O)O. The van der Waals surface area contributed by atoms with Crippen molar-refractivity contribution < 1.29 is 31.9 Å². The number of carboxylic acid groups (broad SMARTS) is 1. The fourth-order valence-corrected chi connectivity index (χ4v) is 1.48. The molecule has 0 atom stereocenters. The van der Waals surface area contributed by atoms with Gasteiger partial charge >= 0.3 is 12.1 Å². The van der Waals surface area contributed by atoms with Crippen molar-refractivity contribution in [3.63, 3.8) is 0 Å². The van der Waals surface area contributed by atoms with Crippen molar-refractivity contribution >= 4 is 5.97 Å². The average molecular weight is 284 g/mol. The molecule has 0 spiro atoms. The third kappa shape index (κ3) is 3.60. The molecule has 0 aromatic carbocycles. The van der Waals surface area contributed by atoms with Crippen LogP contribution in [-0.2, 0) is 23.9 Å². The second kappa shape index (κ2) is 5.47. The lowest BCUT2D eigenvalue weighted by Gasteiger charge is -2.15. The molecule has 0 radical (unpaired) electrons. The minimum atomic E-state index is -5.09. The Morgan fingerprint density at radius 2 is 2.00 bits per heavy atom. The molecule has 0 amide bonds. The van der Waals surface area contributed by atoms with E-state index in [1.807, 2.05) is 0 Å². The van der Waals surface area contributed by atoms with E-state index in [1.54, 1.807) is 0 Å². The Morgan fingerprint density at radius 1 is 1.42 bits per heavy atom. The highest BCUT2D eigenvalue weighted by Crippen LogP contribution is 2.36. The molecule has 19 heavy (non-hydrogen) atoms. The lowest BCUT2D eigenvalue weighted by Crippen LogP contribution is -2.18. The molecule has 9 heteroatoms. The maximum Gasteiger partial charge on any atom is 0.433 e. The van der Waals surface area contributed by atoms with E-state index in [0.717, 1.165) is 0 Å². The van der Waals surface area contributed by atoms with E-state index in [-0.39, 0.29) is 12.1 Å². The third-order valence-corrected chi connectivity index (χ3v) is 2.26. The number of nitrogens with two attached hydrogens (primary N) is 1. The van der Waals surface area contributed by atoms with E-state index in [0.29, 0.717) is 6.07 Å². The summed E-state index contributed by atoms with van der Waals surface area (Å²) < 4.78 is 62.9. The Morgan fingerprint density at radius 3 is 2.37 bits per heavy atom. The lowest BCUT2D eigenvalue weighted by molar-refractivity contribution is -0.144. The van der Waals surface area contributed by atoms with Gasteiger partial charge in [0.25, 0.3) is 6.43 Å². The number of aliphatic carboxylic acids is 1. The Labute approximate surface area is 104 Å². The Bertz CT molecular complexity index is 488. The standard InChI is InChI=1S/C10H9F5N2O2/c11-9(12)5-1-4(3-16)6(2-7(18)19)17-8(5)10(13,14)15/h1,9H,2-3,16H2,(H,18,19). The van der Waals surface area contributed by atoms with Crippen molar-refractivity contribution in [2.45, 2.75) is 25.6 Å². The van der Waals surface area contributed by atoms with E-state index in [1.165, 1.54) is 0 Å². The highest BCUT2D eigenvalue weighted by molar-refractivity contribution is 5.70. The number of aromatic nitrogens is 1. The minimum Gasteiger partial charge on any atom is -0.481 e. The van der Waals surface area contributed by atoms with E-state index in [2.05, 4.69) is 4.98 Å². The second-order valence-corrected chi connectivity index (χ2v) is 3.61. The molecule has 3 N–H and O–H groups in total. The van der Waals surface area contributed by atoms with Crippen LogP contribution < -0.4 is 5.73 Å². The van der Waals surface area contributed by atoms with E-state index < -0.39 is 41.9 Å². The molecular weight excluding hydrogens is 275 g/mol. The molecule has 1 aromatic heterocycles.